The zero-order valence-electron chi connectivity index (χ0n) is 22.1. The number of hydrogen-bond donors (Lipinski definition) is 2. The first kappa shape index (κ1) is 27.5. The van der Waals surface area contributed by atoms with Crippen molar-refractivity contribution in [2.75, 3.05) is 18.0 Å². The first-order valence-electron chi connectivity index (χ1n) is 12.9. The molecule has 1 amide bonds. The van der Waals surface area contributed by atoms with Crippen LogP contribution in [0, 0.1) is 13.8 Å². The fraction of sp³-hybridized carbons (Fsp3) is 0.379. The summed E-state index contributed by atoms with van der Waals surface area (Å²) in [6, 6.07) is 11.0. The van der Waals surface area contributed by atoms with Crippen molar-refractivity contribution in [1.82, 2.24) is 15.5 Å². The molecule has 2 heterocycles. The SMILES string of the molecule is C=CCc1ccccc1C(=O)N(CCCC)c1nnc(-c2cc(C)c(OC3CNC(C(=O)O)C3)c(C)c2)s1. The number of carbonyl (C=O) groups is 2. The molecule has 9 heteroatoms. The second-order valence-electron chi connectivity index (χ2n) is 9.56. The lowest BCUT2D eigenvalue weighted by Gasteiger charge is -2.20. The molecule has 0 radical (unpaired) electrons. The van der Waals surface area contributed by atoms with Crippen molar-refractivity contribution in [2.24, 2.45) is 0 Å². The summed E-state index contributed by atoms with van der Waals surface area (Å²) in [5.41, 5.74) is 4.37. The van der Waals surface area contributed by atoms with Gasteiger partial charge in [-0.05, 0) is 61.6 Å². The van der Waals surface area contributed by atoms with Crippen LogP contribution in [0.4, 0.5) is 5.13 Å². The van der Waals surface area contributed by atoms with Gasteiger partial charge in [-0.2, -0.15) is 0 Å². The molecule has 2 unspecified atom stereocenters. The number of nitrogens with zero attached hydrogens (tertiary/aromatic N) is 3. The number of carboxylic acids is 1. The van der Waals surface area contributed by atoms with Crippen LogP contribution in [-0.2, 0) is 11.2 Å². The van der Waals surface area contributed by atoms with E-state index >= 15 is 0 Å². The molecule has 2 atom stereocenters. The van der Waals surface area contributed by atoms with Crippen molar-refractivity contribution >= 4 is 28.3 Å². The molecule has 1 aliphatic rings. The Balaban J connectivity index is 1.58. The number of unbranched alkanes of at least 4 members (excludes halogenated alkanes) is 1. The molecule has 0 spiro atoms. The predicted molar refractivity (Wildman–Crippen MR) is 150 cm³/mol. The van der Waals surface area contributed by atoms with Crippen LogP contribution in [0.5, 0.6) is 5.75 Å². The Bertz CT molecular complexity index is 1300. The van der Waals surface area contributed by atoms with Crippen molar-refractivity contribution < 1.29 is 19.4 Å². The summed E-state index contributed by atoms with van der Waals surface area (Å²) < 4.78 is 6.19. The zero-order valence-corrected chi connectivity index (χ0v) is 22.9. The summed E-state index contributed by atoms with van der Waals surface area (Å²) in [6.45, 7) is 10.9. The molecular formula is C29H34N4O4S. The minimum atomic E-state index is -0.859. The van der Waals surface area contributed by atoms with E-state index in [0.717, 1.165) is 45.9 Å². The standard InChI is InChI=1S/C29H34N4O4S/c1-5-7-13-33(27(34)23-12-9-8-11-20(23)10-6-2)29-32-31-26(38-29)21-14-18(3)25(19(4)15-21)37-22-16-24(28(35)36)30-17-22/h6,8-9,11-12,14-15,22,24,30H,2,5,7,10,13,16-17H2,1,3-4H3,(H,35,36). The van der Waals surface area contributed by atoms with Crippen molar-refractivity contribution in [3.05, 3.63) is 71.3 Å². The Morgan fingerprint density at radius 1 is 1.24 bits per heavy atom. The van der Waals surface area contributed by atoms with Crippen molar-refractivity contribution in [3.63, 3.8) is 0 Å². The molecule has 0 saturated carbocycles. The fourth-order valence-electron chi connectivity index (χ4n) is 4.66. The average molecular weight is 535 g/mol. The quantitative estimate of drug-likeness (QED) is 0.326. The van der Waals surface area contributed by atoms with Gasteiger partial charge < -0.3 is 15.2 Å². The molecule has 2 aromatic carbocycles. The molecule has 38 heavy (non-hydrogen) atoms. The van der Waals surface area contributed by atoms with Crippen LogP contribution in [0.15, 0.2) is 49.1 Å². The maximum absolute atomic E-state index is 13.6. The summed E-state index contributed by atoms with van der Waals surface area (Å²) in [5.74, 6) is -0.183. The number of hydrogen-bond acceptors (Lipinski definition) is 7. The van der Waals surface area contributed by atoms with E-state index in [0.29, 0.717) is 36.6 Å². The normalized spacial score (nSPS) is 16.8. The summed E-state index contributed by atoms with van der Waals surface area (Å²) in [7, 11) is 0. The summed E-state index contributed by atoms with van der Waals surface area (Å²) in [6.07, 6.45) is 4.45. The number of allylic oxidation sites excluding steroid dienone is 1. The van der Waals surface area contributed by atoms with Crippen molar-refractivity contribution in [2.45, 2.75) is 58.6 Å². The first-order chi connectivity index (χ1) is 18.3. The second-order valence-corrected chi connectivity index (χ2v) is 10.5. The molecule has 1 fully saturated rings. The molecular weight excluding hydrogens is 500 g/mol. The van der Waals surface area contributed by atoms with Crippen LogP contribution >= 0.6 is 11.3 Å². The monoisotopic (exact) mass is 534 g/mol. The van der Waals surface area contributed by atoms with Gasteiger partial charge in [0, 0.05) is 30.6 Å². The molecule has 3 aromatic rings. The molecule has 1 saturated heterocycles. The molecule has 0 bridgehead atoms. The third-order valence-electron chi connectivity index (χ3n) is 6.62. The van der Waals surface area contributed by atoms with Gasteiger partial charge in [0.25, 0.3) is 5.91 Å². The number of carboxylic acid groups (broad SMARTS) is 1. The van der Waals surface area contributed by atoms with E-state index in [-0.39, 0.29) is 12.0 Å². The molecule has 200 valence electrons. The van der Waals surface area contributed by atoms with Gasteiger partial charge in [-0.1, -0.05) is 49.0 Å². The Hall–Kier alpha value is -3.56. The molecule has 2 N–H and O–H groups in total. The molecule has 8 nitrogen and oxygen atoms in total. The Morgan fingerprint density at radius 2 is 1.97 bits per heavy atom. The van der Waals surface area contributed by atoms with E-state index in [9.17, 15) is 14.7 Å². The summed E-state index contributed by atoms with van der Waals surface area (Å²) in [5, 5.41) is 22.4. The highest BCUT2D eigenvalue weighted by molar-refractivity contribution is 7.18. The van der Waals surface area contributed by atoms with Crippen LogP contribution in [0.2, 0.25) is 0 Å². The Morgan fingerprint density at radius 3 is 2.63 bits per heavy atom. The topological polar surface area (TPSA) is 105 Å². The van der Waals surface area contributed by atoms with E-state index in [1.807, 2.05) is 50.2 Å². The molecule has 0 aliphatic carbocycles. The smallest absolute Gasteiger partial charge is 0.320 e. The third kappa shape index (κ3) is 6.11. The molecule has 4 rings (SSSR count). The van der Waals surface area contributed by atoms with Gasteiger partial charge in [0.2, 0.25) is 5.13 Å². The highest BCUT2D eigenvalue weighted by atomic mass is 32.1. The number of benzene rings is 2. The maximum Gasteiger partial charge on any atom is 0.320 e. The number of aryl methyl sites for hydroxylation is 2. The lowest BCUT2D eigenvalue weighted by molar-refractivity contribution is -0.139. The Kier molecular flexibility index (Phi) is 8.91. The van der Waals surface area contributed by atoms with E-state index in [1.54, 1.807) is 11.0 Å². The number of carbonyl (C=O) groups excluding carboxylic acids is 1. The van der Waals surface area contributed by atoms with E-state index < -0.39 is 12.0 Å². The number of aromatic nitrogens is 2. The number of aliphatic carboxylic acids is 1. The minimum Gasteiger partial charge on any atom is -0.488 e. The number of ether oxygens (including phenoxy) is 1. The third-order valence-corrected chi connectivity index (χ3v) is 7.61. The summed E-state index contributed by atoms with van der Waals surface area (Å²) >= 11 is 1.39. The Labute approximate surface area is 227 Å². The van der Waals surface area contributed by atoms with Crippen LogP contribution in [0.1, 0.15) is 53.2 Å². The zero-order chi connectivity index (χ0) is 27.2. The summed E-state index contributed by atoms with van der Waals surface area (Å²) in [4.78, 5) is 26.6. The molecule has 1 aromatic heterocycles. The van der Waals surface area contributed by atoms with Crippen LogP contribution < -0.4 is 15.0 Å². The first-order valence-corrected chi connectivity index (χ1v) is 13.7. The maximum atomic E-state index is 13.6. The van der Waals surface area contributed by atoms with Crippen LogP contribution in [0.3, 0.4) is 0 Å². The highest BCUT2D eigenvalue weighted by Gasteiger charge is 2.31. The van der Waals surface area contributed by atoms with Gasteiger partial charge in [0.15, 0.2) is 0 Å². The fourth-order valence-corrected chi connectivity index (χ4v) is 5.51. The van der Waals surface area contributed by atoms with E-state index in [4.69, 9.17) is 4.74 Å². The van der Waals surface area contributed by atoms with Crippen LogP contribution in [-0.4, -0.2) is 52.4 Å². The van der Waals surface area contributed by atoms with E-state index in [1.165, 1.54) is 11.3 Å². The number of rotatable bonds is 11. The van der Waals surface area contributed by atoms with Crippen LogP contribution in [0.25, 0.3) is 10.6 Å². The van der Waals surface area contributed by atoms with Gasteiger partial charge >= 0.3 is 5.97 Å². The largest absolute Gasteiger partial charge is 0.488 e. The lowest BCUT2D eigenvalue weighted by Crippen LogP contribution is -2.32. The van der Waals surface area contributed by atoms with Crippen molar-refractivity contribution in [3.8, 4) is 16.3 Å². The average Bonchev–Trinajstić information content (AvgIpc) is 3.57. The second kappa shape index (κ2) is 12.3. The predicted octanol–water partition coefficient (Wildman–Crippen LogP) is 5.19. The molecule has 1 aliphatic heterocycles. The van der Waals surface area contributed by atoms with Crippen molar-refractivity contribution in [1.29, 1.82) is 0 Å². The van der Waals surface area contributed by atoms with E-state index in [2.05, 4.69) is 29.0 Å². The van der Waals surface area contributed by atoms with Gasteiger partial charge in [0.05, 0.1) is 0 Å². The van der Waals surface area contributed by atoms with Gasteiger partial charge in [-0.15, -0.1) is 16.8 Å². The number of anilines is 1. The van der Waals surface area contributed by atoms with Gasteiger partial charge in [0.1, 0.15) is 22.9 Å². The number of amides is 1. The lowest BCUT2D eigenvalue weighted by atomic mass is 10.0. The minimum absolute atomic E-state index is 0.0838. The highest BCUT2D eigenvalue weighted by Crippen LogP contribution is 2.35. The number of nitrogens with one attached hydrogen (secondary N) is 1. The van der Waals surface area contributed by atoms with Gasteiger partial charge in [-0.25, -0.2) is 0 Å². The van der Waals surface area contributed by atoms with Gasteiger partial charge in [-0.3, -0.25) is 14.5 Å².